The van der Waals surface area contributed by atoms with Crippen molar-refractivity contribution in [3.63, 3.8) is 0 Å². The summed E-state index contributed by atoms with van der Waals surface area (Å²) in [5.74, 6) is 1.29. The lowest BCUT2D eigenvalue weighted by molar-refractivity contribution is 0.266. The van der Waals surface area contributed by atoms with Crippen LogP contribution in [0.25, 0.3) is 11.5 Å². The standard InChI is InChI=1S/C22H25N5OS2/c1-30-19-11-6-5-10-18(19)23-22(29)27-13-7-12-26(14-15-27)16-20-24-21(28-25-20)17-8-3-2-4-9-17/h2-6,8-11H,7,12-16H2,1H3,(H,23,29). The van der Waals surface area contributed by atoms with Crippen molar-refractivity contribution in [3.05, 3.63) is 60.4 Å². The van der Waals surface area contributed by atoms with Crippen molar-refractivity contribution in [3.8, 4) is 11.5 Å². The van der Waals surface area contributed by atoms with Crippen LogP contribution in [0.5, 0.6) is 0 Å². The summed E-state index contributed by atoms with van der Waals surface area (Å²) >= 11 is 7.42. The molecular weight excluding hydrogens is 414 g/mol. The molecule has 0 amide bonds. The first kappa shape index (κ1) is 20.8. The molecule has 0 radical (unpaired) electrons. The Bertz CT molecular complexity index is 978. The van der Waals surface area contributed by atoms with Gasteiger partial charge in [-0.15, -0.1) is 11.8 Å². The van der Waals surface area contributed by atoms with Crippen LogP contribution in [-0.2, 0) is 6.54 Å². The molecule has 3 aromatic rings. The molecule has 2 aromatic carbocycles. The van der Waals surface area contributed by atoms with Crippen LogP contribution in [0, 0.1) is 0 Å². The molecule has 2 heterocycles. The fourth-order valence-corrected chi connectivity index (χ4v) is 4.34. The third kappa shape index (κ3) is 5.19. The summed E-state index contributed by atoms with van der Waals surface area (Å²) in [6.07, 6.45) is 3.11. The van der Waals surface area contributed by atoms with E-state index in [-0.39, 0.29) is 0 Å². The summed E-state index contributed by atoms with van der Waals surface area (Å²) in [6, 6.07) is 18.1. The summed E-state index contributed by atoms with van der Waals surface area (Å²) in [7, 11) is 0. The Hall–Kier alpha value is -2.42. The average Bonchev–Trinajstić information content (AvgIpc) is 3.12. The van der Waals surface area contributed by atoms with Crippen LogP contribution in [0.4, 0.5) is 5.69 Å². The minimum atomic E-state index is 0.569. The predicted molar refractivity (Wildman–Crippen MR) is 126 cm³/mol. The topological polar surface area (TPSA) is 57.4 Å². The van der Waals surface area contributed by atoms with Gasteiger partial charge in [0, 0.05) is 36.6 Å². The van der Waals surface area contributed by atoms with E-state index in [9.17, 15) is 0 Å². The normalized spacial score (nSPS) is 15.0. The van der Waals surface area contributed by atoms with Crippen molar-refractivity contribution in [1.82, 2.24) is 19.9 Å². The zero-order chi connectivity index (χ0) is 20.8. The molecule has 0 unspecified atom stereocenters. The maximum Gasteiger partial charge on any atom is 0.257 e. The molecule has 156 valence electrons. The van der Waals surface area contributed by atoms with E-state index in [0.29, 0.717) is 12.4 Å². The van der Waals surface area contributed by atoms with Crippen LogP contribution < -0.4 is 5.32 Å². The highest BCUT2D eigenvalue weighted by molar-refractivity contribution is 7.98. The van der Waals surface area contributed by atoms with Gasteiger partial charge >= 0.3 is 0 Å². The van der Waals surface area contributed by atoms with Gasteiger partial charge in [-0.25, -0.2) is 0 Å². The quantitative estimate of drug-likeness (QED) is 0.465. The van der Waals surface area contributed by atoms with Crippen molar-refractivity contribution < 1.29 is 4.52 Å². The molecule has 4 rings (SSSR count). The van der Waals surface area contributed by atoms with Crippen LogP contribution in [0.15, 0.2) is 64.0 Å². The number of thiocarbonyl (C=S) groups is 1. The zero-order valence-electron chi connectivity index (χ0n) is 17.0. The predicted octanol–water partition coefficient (Wildman–Crippen LogP) is 4.36. The Kier molecular flexibility index (Phi) is 6.99. The smallest absolute Gasteiger partial charge is 0.257 e. The molecule has 6 nitrogen and oxygen atoms in total. The Morgan fingerprint density at radius 1 is 1.07 bits per heavy atom. The van der Waals surface area contributed by atoms with Crippen LogP contribution in [0.1, 0.15) is 12.2 Å². The van der Waals surface area contributed by atoms with Gasteiger partial charge in [0.1, 0.15) is 0 Å². The van der Waals surface area contributed by atoms with Crippen molar-refractivity contribution in [2.45, 2.75) is 17.9 Å². The molecular formula is C22H25N5OS2. The minimum absolute atomic E-state index is 0.569. The summed E-state index contributed by atoms with van der Waals surface area (Å²) in [5.41, 5.74) is 2.01. The van der Waals surface area contributed by atoms with E-state index < -0.39 is 0 Å². The lowest BCUT2D eigenvalue weighted by atomic mass is 10.2. The van der Waals surface area contributed by atoms with Crippen molar-refractivity contribution >= 4 is 34.8 Å². The molecule has 1 aromatic heterocycles. The van der Waals surface area contributed by atoms with Gasteiger partial charge in [0.2, 0.25) is 0 Å². The number of nitrogens with one attached hydrogen (secondary N) is 1. The van der Waals surface area contributed by atoms with E-state index in [4.69, 9.17) is 16.7 Å². The first-order chi connectivity index (χ1) is 14.7. The van der Waals surface area contributed by atoms with E-state index in [0.717, 1.165) is 54.8 Å². The monoisotopic (exact) mass is 439 g/mol. The number of rotatable bonds is 5. The largest absolute Gasteiger partial charge is 0.348 e. The lowest BCUT2D eigenvalue weighted by Gasteiger charge is -2.25. The summed E-state index contributed by atoms with van der Waals surface area (Å²) < 4.78 is 5.44. The molecule has 1 aliphatic heterocycles. The summed E-state index contributed by atoms with van der Waals surface area (Å²) in [6.45, 7) is 4.37. The third-order valence-electron chi connectivity index (χ3n) is 5.08. The zero-order valence-corrected chi connectivity index (χ0v) is 18.6. The van der Waals surface area contributed by atoms with Crippen molar-refractivity contribution in [2.75, 3.05) is 37.8 Å². The molecule has 0 aliphatic carbocycles. The first-order valence-corrected chi connectivity index (χ1v) is 11.7. The number of aromatic nitrogens is 2. The third-order valence-corrected chi connectivity index (χ3v) is 6.23. The highest BCUT2D eigenvalue weighted by Crippen LogP contribution is 2.25. The molecule has 0 saturated carbocycles. The second-order valence-electron chi connectivity index (χ2n) is 7.13. The number of hydrogen-bond donors (Lipinski definition) is 1. The van der Waals surface area contributed by atoms with Gasteiger partial charge in [-0.2, -0.15) is 4.98 Å². The van der Waals surface area contributed by atoms with Crippen molar-refractivity contribution in [1.29, 1.82) is 0 Å². The molecule has 0 bridgehead atoms. The average molecular weight is 440 g/mol. The molecule has 30 heavy (non-hydrogen) atoms. The van der Waals surface area contributed by atoms with Crippen molar-refractivity contribution in [2.24, 2.45) is 0 Å². The van der Waals surface area contributed by atoms with Gasteiger partial charge in [0.25, 0.3) is 5.89 Å². The molecule has 8 heteroatoms. The second kappa shape index (κ2) is 10.1. The van der Waals surface area contributed by atoms with E-state index in [2.05, 4.69) is 43.6 Å². The molecule has 1 N–H and O–H groups in total. The van der Waals surface area contributed by atoms with Gasteiger partial charge in [-0.1, -0.05) is 35.5 Å². The number of para-hydroxylation sites is 1. The van der Waals surface area contributed by atoms with Gasteiger partial charge < -0.3 is 14.7 Å². The Morgan fingerprint density at radius 3 is 2.70 bits per heavy atom. The van der Waals surface area contributed by atoms with Crippen LogP contribution in [-0.4, -0.2) is 57.5 Å². The van der Waals surface area contributed by atoms with E-state index in [1.807, 2.05) is 42.5 Å². The summed E-state index contributed by atoms with van der Waals surface area (Å²) in [5, 5.41) is 8.37. The number of benzene rings is 2. The first-order valence-electron chi connectivity index (χ1n) is 10.0. The number of anilines is 1. The van der Waals surface area contributed by atoms with E-state index in [1.54, 1.807) is 11.8 Å². The van der Waals surface area contributed by atoms with Gasteiger partial charge in [-0.05, 0) is 49.2 Å². The van der Waals surface area contributed by atoms with Gasteiger partial charge in [0.05, 0.1) is 12.2 Å². The maximum atomic E-state index is 5.70. The Balaban J connectivity index is 1.33. The molecule has 0 spiro atoms. The minimum Gasteiger partial charge on any atom is -0.348 e. The van der Waals surface area contributed by atoms with Gasteiger partial charge in [0.15, 0.2) is 10.9 Å². The molecule has 1 saturated heterocycles. The Morgan fingerprint density at radius 2 is 1.87 bits per heavy atom. The van der Waals surface area contributed by atoms with Gasteiger partial charge in [-0.3, -0.25) is 4.90 Å². The van der Waals surface area contributed by atoms with Crippen LogP contribution in [0.2, 0.25) is 0 Å². The van der Waals surface area contributed by atoms with E-state index >= 15 is 0 Å². The maximum absolute atomic E-state index is 5.70. The highest BCUT2D eigenvalue weighted by Gasteiger charge is 2.19. The molecule has 1 aliphatic rings. The van der Waals surface area contributed by atoms with Crippen LogP contribution in [0.3, 0.4) is 0 Å². The van der Waals surface area contributed by atoms with Crippen LogP contribution >= 0.6 is 24.0 Å². The highest BCUT2D eigenvalue weighted by atomic mass is 32.2. The second-order valence-corrected chi connectivity index (χ2v) is 8.36. The SMILES string of the molecule is CSc1ccccc1NC(=S)N1CCCN(Cc2noc(-c3ccccc3)n2)CC1. The number of thioether (sulfide) groups is 1. The Labute approximate surface area is 186 Å². The van der Waals surface area contributed by atoms with E-state index in [1.165, 1.54) is 4.90 Å². The lowest BCUT2D eigenvalue weighted by Crippen LogP contribution is -2.38. The fourth-order valence-electron chi connectivity index (χ4n) is 3.49. The number of hydrogen-bond acceptors (Lipinski definition) is 6. The summed E-state index contributed by atoms with van der Waals surface area (Å²) in [4.78, 5) is 10.4. The molecule has 0 atom stereocenters. The number of nitrogens with zero attached hydrogens (tertiary/aromatic N) is 4. The fraction of sp³-hybridized carbons (Fsp3) is 0.318. The molecule has 1 fully saturated rings.